The number of hydrogen-bond donors (Lipinski definition) is 2. The molecule has 0 bridgehead atoms. The smallest absolute Gasteiger partial charge is 0.325 e. The van der Waals surface area contributed by atoms with E-state index in [9.17, 15) is 4.79 Å². The molecule has 0 aliphatic heterocycles. The van der Waals surface area contributed by atoms with Crippen LogP contribution in [0.15, 0.2) is 30.5 Å². The Balaban J connectivity index is 2.46. The molecule has 2 N–H and O–H groups in total. The number of anilines is 1. The normalized spacial score (nSPS) is 12.3. The fraction of sp³-hybridized carbons (Fsp3) is 0.286. The Hall–Kier alpha value is -2.10. The molecule has 2 rings (SSSR count). The third-order valence-electron chi connectivity index (χ3n) is 2.96. The molecule has 4 nitrogen and oxygen atoms in total. The van der Waals surface area contributed by atoms with E-state index in [1.807, 2.05) is 12.1 Å². The van der Waals surface area contributed by atoms with Crippen LogP contribution in [0, 0.1) is 0 Å². The van der Waals surface area contributed by atoms with E-state index in [2.05, 4.69) is 29.4 Å². The first kappa shape index (κ1) is 12.4. The third-order valence-corrected chi connectivity index (χ3v) is 2.96. The van der Waals surface area contributed by atoms with Crippen LogP contribution in [0.25, 0.3) is 10.8 Å². The van der Waals surface area contributed by atoms with E-state index in [1.54, 1.807) is 13.1 Å². The lowest BCUT2D eigenvalue weighted by Gasteiger charge is -2.12. The number of hydrogen-bond acceptors (Lipinski definition) is 3. The van der Waals surface area contributed by atoms with Crippen LogP contribution < -0.4 is 5.32 Å². The molecule has 1 aromatic carbocycles. The molecule has 1 heterocycles. The topological polar surface area (TPSA) is 62.2 Å². The van der Waals surface area contributed by atoms with Crippen LogP contribution in [0.3, 0.4) is 0 Å². The highest BCUT2D eigenvalue weighted by Crippen LogP contribution is 2.23. The fourth-order valence-corrected chi connectivity index (χ4v) is 1.82. The second-order valence-electron chi connectivity index (χ2n) is 4.27. The van der Waals surface area contributed by atoms with E-state index < -0.39 is 12.0 Å². The van der Waals surface area contributed by atoms with Crippen LogP contribution in [-0.4, -0.2) is 22.1 Å². The summed E-state index contributed by atoms with van der Waals surface area (Å²) in [4.78, 5) is 15.1. The van der Waals surface area contributed by atoms with E-state index in [0.717, 1.165) is 17.2 Å². The molecule has 0 radical (unpaired) electrons. The van der Waals surface area contributed by atoms with Crippen molar-refractivity contribution >= 4 is 22.6 Å². The number of nitrogens with one attached hydrogen (secondary N) is 1. The Labute approximate surface area is 106 Å². The summed E-state index contributed by atoms with van der Waals surface area (Å²) in [6.07, 6.45) is 2.63. The maximum Gasteiger partial charge on any atom is 0.325 e. The monoisotopic (exact) mass is 244 g/mol. The second-order valence-corrected chi connectivity index (χ2v) is 4.27. The van der Waals surface area contributed by atoms with Crippen molar-refractivity contribution in [2.24, 2.45) is 0 Å². The average molecular weight is 244 g/mol. The van der Waals surface area contributed by atoms with Gasteiger partial charge in [0.15, 0.2) is 0 Å². The molecular formula is C14H16N2O2. The molecule has 0 aliphatic carbocycles. The van der Waals surface area contributed by atoms with Gasteiger partial charge in [-0.15, -0.1) is 0 Å². The minimum atomic E-state index is -0.888. The number of rotatable bonds is 4. The maximum atomic E-state index is 10.9. The van der Waals surface area contributed by atoms with Gasteiger partial charge in [0.05, 0.1) is 0 Å². The number of aliphatic carboxylic acids is 1. The molecule has 4 heteroatoms. The molecule has 0 saturated carbocycles. The van der Waals surface area contributed by atoms with Crippen molar-refractivity contribution in [1.82, 2.24) is 4.98 Å². The summed E-state index contributed by atoms with van der Waals surface area (Å²) in [5.74, 6) is -0.266. The average Bonchev–Trinajstić information content (AvgIpc) is 2.38. The molecule has 0 saturated heterocycles. The van der Waals surface area contributed by atoms with Gasteiger partial charge in [-0.25, -0.2) is 4.98 Å². The van der Waals surface area contributed by atoms with Gasteiger partial charge < -0.3 is 10.4 Å². The van der Waals surface area contributed by atoms with Crippen LogP contribution in [0.2, 0.25) is 0 Å². The zero-order chi connectivity index (χ0) is 13.1. The highest BCUT2D eigenvalue weighted by molar-refractivity contribution is 5.93. The molecule has 0 aliphatic rings. The third kappa shape index (κ3) is 2.42. The summed E-state index contributed by atoms with van der Waals surface area (Å²) in [7, 11) is 0. The lowest BCUT2D eigenvalue weighted by Crippen LogP contribution is -2.25. The summed E-state index contributed by atoms with van der Waals surface area (Å²) in [6, 6.07) is 7.43. The highest BCUT2D eigenvalue weighted by atomic mass is 16.4. The number of carboxylic acid groups (broad SMARTS) is 1. The van der Waals surface area contributed by atoms with Crippen molar-refractivity contribution in [3.8, 4) is 0 Å². The van der Waals surface area contributed by atoms with Crippen LogP contribution in [0.4, 0.5) is 5.82 Å². The highest BCUT2D eigenvalue weighted by Gasteiger charge is 2.12. The van der Waals surface area contributed by atoms with Gasteiger partial charge in [0.25, 0.3) is 0 Å². The van der Waals surface area contributed by atoms with E-state index in [-0.39, 0.29) is 0 Å². The number of aromatic nitrogens is 1. The van der Waals surface area contributed by atoms with E-state index in [1.165, 1.54) is 5.56 Å². The zero-order valence-corrected chi connectivity index (χ0v) is 10.5. The minimum absolute atomic E-state index is 0.623. The molecular weight excluding hydrogens is 228 g/mol. The summed E-state index contributed by atoms with van der Waals surface area (Å²) in [5, 5.41) is 13.9. The number of carbonyl (C=O) groups is 1. The number of nitrogens with zero attached hydrogens (tertiary/aromatic N) is 1. The van der Waals surface area contributed by atoms with Gasteiger partial charge >= 0.3 is 5.97 Å². The maximum absolute atomic E-state index is 10.9. The molecule has 0 amide bonds. The Kier molecular flexibility index (Phi) is 3.46. The summed E-state index contributed by atoms with van der Waals surface area (Å²) in [5.41, 5.74) is 1.21. The summed E-state index contributed by atoms with van der Waals surface area (Å²) in [6.45, 7) is 3.69. The standard InChI is InChI=1S/C14H16N2O2/c1-3-10-4-5-11-6-7-15-13(12(11)8-10)16-9(2)14(17)18/h4-9H,3H2,1-2H3,(H,15,16)(H,17,18). The fourth-order valence-electron chi connectivity index (χ4n) is 1.82. The van der Waals surface area contributed by atoms with Crippen molar-refractivity contribution in [1.29, 1.82) is 0 Å². The van der Waals surface area contributed by atoms with E-state index in [4.69, 9.17) is 5.11 Å². The van der Waals surface area contributed by atoms with Gasteiger partial charge in [-0.1, -0.05) is 19.1 Å². The Bertz CT molecular complexity index is 581. The molecule has 1 aromatic heterocycles. The largest absolute Gasteiger partial charge is 0.480 e. The van der Waals surface area contributed by atoms with Gasteiger partial charge in [-0.3, -0.25) is 4.79 Å². The number of benzene rings is 1. The number of carboxylic acids is 1. The molecule has 1 atom stereocenters. The summed E-state index contributed by atoms with van der Waals surface area (Å²) < 4.78 is 0. The van der Waals surface area contributed by atoms with Gasteiger partial charge in [0.1, 0.15) is 11.9 Å². The van der Waals surface area contributed by atoms with Crippen molar-refractivity contribution in [2.45, 2.75) is 26.3 Å². The predicted molar refractivity (Wildman–Crippen MR) is 71.8 cm³/mol. The van der Waals surface area contributed by atoms with Gasteiger partial charge in [-0.05, 0) is 36.4 Å². The first-order chi connectivity index (χ1) is 8.61. The minimum Gasteiger partial charge on any atom is -0.480 e. The van der Waals surface area contributed by atoms with Crippen molar-refractivity contribution in [3.63, 3.8) is 0 Å². The number of aryl methyl sites for hydroxylation is 1. The van der Waals surface area contributed by atoms with Gasteiger partial charge in [0.2, 0.25) is 0 Å². The van der Waals surface area contributed by atoms with Crippen LogP contribution in [0.1, 0.15) is 19.4 Å². The van der Waals surface area contributed by atoms with Crippen LogP contribution in [0.5, 0.6) is 0 Å². The Morgan fingerprint density at radius 3 is 2.89 bits per heavy atom. The molecule has 0 spiro atoms. The lowest BCUT2D eigenvalue weighted by molar-refractivity contribution is -0.137. The summed E-state index contributed by atoms with van der Waals surface area (Å²) >= 11 is 0. The molecule has 0 fully saturated rings. The van der Waals surface area contributed by atoms with Crippen molar-refractivity contribution in [3.05, 3.63) is 36.0 Å². The molecule has 18 heavy (non-hydrogen) atoms. The van der Waals surface area contributed by atoms with Gasteiger partial charge in [-0.2, -0.15) is 0 Å². The van der Waals surface area contributed by atoms with E-state index in [0.29, 0.717) is 5.82 Å². The first-order valence-electron chi connectivity index (χ1n) is 5.98. The molecule has 1 unspecified atom stereocenters. The Morgan fingerprint density at radius 2 is 2.22 bits per heavy atom. The number of fused-ring (bicyclic) bond motifs is 1. The van der Waals surface area contributed by atoms with E-state index >= 15 is 0 Å². The zero-order valence-electron chi connectivity index (χ0n) is 10.5. The first-order valence-corrected chi connectivity index (χ1v) is 5.98. The van der Waals surface area contributed by atoms with Crippen LogP contribution >= 0.6 is 0 Å². The van der Waals surface area contributed by atoms with Gasteiger partial charge in [0, 0.05) is 11.6 Å². The predicted octanol–water partition coefficient (Wildman–Crippen LogP) is 2.68. The Morgan fingerprint density at radius 1 is 1.44 bits per heavy atom. The number of pyridine rings is 1. The SMILES string of the molecule is CCc1ccc2ccnc(NC(C)C(=O)O)c2c1. The van der Waals surface area contributed by atoms with Crippen molar-refractivity contribution < 1.29 is 9.90 Å². The quantitative estimate of drug-likeness (QED) is 0.868. The molecule has 2 aromatic rings. The van der Waals surface area contributed by atoms with Crippen LogP contribution in [-0.2, 0) is 11.2 Å². The van der Waals surface area contributed by atoms with Crippen molar-refractivity contribution in [2.75, 3.05) is 5.32 Å². The lowest BCUT2D eigenvalue weighted by atomic mass is 10.1. The second kappa shape index (κ2) is 5.04. The molecule has 94 valence electrons.